The van der Waals surface area contributed by atoms with Crippen LogP contribution < -0.4 is 11.1 Å². The average Bonchev–Trinajstić information content (AvgIpc) is 2.39. The molecule has 3 heteroatoms. The van der Waals surface area contributed by atoms with Crippen molar-refractivity contribution in [1.29, 1.82) is 0 Å². The fraction of sp³-hybridized carbons (Fsp3) is 0.462. The minimum absolute atomic E-state index is 0.463. The highest BCUT2D eigenvalue weighted by Gasteiger charge is 2.20. The molecule has 0 spiro atoms. The lowest BCUT2D eigenvalue weighted by molar-refractivity contribution is 0.112. The van der Waals surface area contributed by atoms with Crippen molar-refractivity contribution in [2.24, 2.45) is 5.73 Å². The van der Waals surface area contributed by atoms with Crippen LogP contribution in [0.4, 0.5) is 0 Å². The van der Waals surface area contributed by atoms with Gasteiger partial charge in [-0.05, 0) is 30.4 Å². The van der Waals surface area contributed by atoms with Crippen molar-refractivity contribution >= 4 is 6.29 Å². The largest absolute Gasteiger partial charge is 0.329 e. The first-order valence-corrected chi connectivity index (χ1v) is 5.82. The SMILES string of the molecule is NCC1CCC(c2cccc(C=O)c2)CN1. The molecule has 2 atom stereocenters. The second kappa shape index (κ2) is 5.23. The van der Waals surface area contributed by atoms with Gasteiger partial charge in [0.05, 0.1) is 0 Å². The molecule has 0 aliphatic carbocycles. The normalized spacial score (nSPS) is 25.3. The Kier molecular flexibility index (Phi) is 3.70. The van der Waals surface area contributed by atoms with Crippen LogP contribution in [0.2, 0.25) is 0 Å². The molecule has 86 valence electrons. The molecule has 3 nitrogen and oxygen atoms in total. The number of nitrogens with two attached hydrogens (primary N) is 1. The number of hydrogen-bond acceptors (Lipinski definition) is 3. The molecular formula is C13H18N2O. The van der Waals surface area contributed by atoms with Crippen LogP contribution in [0, 0.1) is 0 Å². The third-order valence-corrected chi connectivity index (χ3v) is 3.32. The molecule has 1 aliphatic heterocycles. The van der Waals surface area contributed by atoms with Gasteiger partial charge in [0.2, 0.25) is 0 Å². The van der Waals surface area contributed by atoms with Crippen LogP contribution >= 0.6 is 0 Å². The Balaban J connectivity index is 2.05. The van der Waals surface area contributed by atoms with E-state index in [1.54, 1.807) is 0 Å². The van der Waals surface area contributed by atoms with E-state index >= 15 is 0 Å². The van der Waals surface area contributed by atoms with Crippen LogP contribution in [0.25, 0.3) is 0 Å². The van der Waals surface area contributed by atoms with E-state index in [1.807, 2.05) is 18.2 Å². The van der Waals surface area contributed by atoms with E-state index in [4.69, 9.17) is 5.73 Å². The topological polar surface area (TPSA) is 55.1 Å². The molecule has 0 amide bonds. The van der Waals surface area contributed by atoms with Crippen LogP contribution in [0.5, 0.6) is 0 Å². The second-order valence-electron chi connectivity index (χ2n) is 4.40. The number of rotatable bonds is 3. The number of hydrogen-bond donors (Lipinski definition) is 2. The molecule has 0 bridgehead atoms. The monoisotopic (exact) mass is 218 g/mol. The van der Waals surface area contributed by atoms with Gasteiger partial charge in [-0.25, -0.2) is 0 Å². The third kappa shape index (κ3) is 2.49. The standard InChI is InChI=1S/C13H18N2O/c14-7-13-5-4-12(8-15-13)11-3-1-2-10(6-11)9-16/h1-3,6,9,12-13,15H,4-5,7-8,14H2. The zero-order valence-electron chi connectivity index (χ0n) is 9.36. The fourth-order valence-electron chi connectivity index (χ4n) is 2.29. The molecule has 1 heterocycles. The molecule has 1 saturated heterocycles. The zero-order valence-corrected chi connectivity index (χ0v) is 9.36. The molecule has 1 aromatic carbocycles. The van der Waals surface area contributed by atoms with Gasteiger partial charge < -0.3 is 11.1 Å². The van der Waals surface area contributed by atoms with Crippen molar-refractivity contribution in [1.82, 2.24) is 5.32 Å². The predicted octanol–water partition coefficient (Wildman–Crippen LogP) is 1.29. The van der Waals surface area contributed by atoms with Gasteiger partial charge in [0.25, 0.3) is 0 Å². The van der Waals surface area contributed by atoms with Crippen LogP contribution in [0.3, 0.4) is 0 Å². The summed E-state index contributed by atoms with van der Waals surface area (Å²) < 4.78 is 0. The van der Waals surface area contributed by atoms with Crippen LogP contribution in [-0.4, -0.2) is 25.4 Å². The van der Waals surface area contributed by atoms with E-state index in [9.17, 15) is 4.79 Å². The quantitative estimate of drug-likeness (QED) is 0.752. The molecule has 2 unspecified atom stereocenters. The van der Waals surface area contributed by atoms with Gasteiger partial charge in [-0.1, -0.05) is 18.2 Å². The minimum atomic E-state index is 0.463. The Morgan fingerprint density at radius 1 is 1.44 bits per heavy atom. The van der Waals surface area contributed by atoms with E-state index in [0.717, 1.165) is 31.2 Å². The summed E-state index contributed by atoms with van der Waals surface area (Å²) in [6, 6.07) is 8.35. The Bertz CT molecular complexity index is 357. The number of carbonyl (C=O) groups excluding carboxylic acids is 1. The summed E-state index contributed by atoms with van der Waals surface area (Å²) in [7, 11) is 0. The van der Waals surface area contributed by atoms with Crippen molar-refractivity contribution < 1.29 is 4.79 Å². The summed E-state index contributed by atoms with van der Waals surface area (Å²) >= 11 is 0. The summed E-state index contributed by atoms with van der Waals surface area (Å²) in [4.78, 5) is 10.7. The maximum Gasteiger partial charge on any atom is 0.150 e. The first kappa shape index (κ1) is 11.3. The first-order valence-electron chi connectivity index (χ1n) is 5.82. The number of piperidine rings is 1. The molecule has 2 rings (SSSR count). The smallest absolute Gasteiger partial charge is 0.150 e. The molecule has 16 heavy (non-hydrogen) atoms. The van der Waals surface area contributed by atoms with Gasteiger partial charge in [-0.2, -0.15) is 0 Å². The molecule has 0 aromatic heterocycles. The highest BCUT2D eigenvalue weighted by molar-refractivity contribution is 5.75. The summed E-state index contributed by atoms with van der Waals surface area (Å²) in [5.74, 6) is 0.516. The molecule has 1 fully saturated rings. The molecular weight excluding hydrogens is 200 g/mol. The van der Waals surface area contributed by atoms with Crippen molar-refractivity contribution in [3.8, 4) is 0 Å². The second-order valence-corrected chi connectivity index (χ2v) is 4.40. The van der Waals surface area contributed by atoms with Gasteiger partial charge in [0.1, 0.15) is 6.29 Å². The molecule has 0 radical (unpaired) electrons. The third-order valence-electron chi connectivity index (χ3n) is 3.32. The molecule has 3 N–H and O–H groups in total. The lowest BCUT2D eigenvalue weighted by atomic mass is 9.88. The Labute approximate surface area is 96.0 Å². The Morgan fingerprint density at radius 2 is 2.31 bits per heavy atom. The van der Waals surface area contributed by atoms with E-state index in [-0.39, 0.29) is 0 Å². The molecule has 0 saturated carbocycles. The van der Waals surface area contributed by atoms with Gasteiger partial charge in [0.15, 0.2) is 0 Å². The maximum absolute atomic E-state index is 10.7. The fourth-order valence-corrected chi connectivity index (χ4v) is 2.29. The van der Waals surface area contributed by atoms with Gasteiger partial charge in [0, 0.05) is 24.7 Å². The maximum atomic E-state index is 10.7. The van der Waals surface area contributed by atoms with E-state index in [1.165, 1.54) is 5.56 Å². The van der Waals surface area contributed by atoms with Crippen LogP contribution in [0.15, 0.2) is 24.3 Å². The molecule has 1 aliphatic rings. The zero-order chi connectivity index (χ0) is 11.4. The van der Waals surface area contributed by atoms with Gasteiger partial charge in [-0.15, -0.1) is 0 Å². The van der Waals surface area contributed by atoms with Crippen molar-refractivity contribution in [3.63, 3.8) is 0 Å². The predicted molar refractivity (Wildman–Crippen MR) is 64.6 cm³/mol. The number of aldehydes is 1. The Hall–Kier alpha value is -1.19. The lowest BCUT2D eigenvalue weighted by Gasteiger charge is -2.29. The van der Waals surface area contributed by atoms with Gasteiger partial charge >= 0.3 is 0 Å². The summed E-state index contributed by atoms with van der Waals surface area (Å²) in [5.41, 5.74) is 7.64. The summed E-state index contributed by atoms with van der Waals surface area (Å²) in [6.07, 6.45) is 3.17. The Morgan fingerprint density at radius 3 is 2.94 bits per heavy atom. The highest BCUT2D eigenvalue weighted by Crippen LogP contribution is 2.25. The minimum Gasteiger partial charge on any atom is -0.329 e. The number of carbonyl (C=O) groups is 1. The first-order chi connectivity index (χ1) is 7.83. The average molecular weight is 218 g/mol. The number of benzene rings is 1. The van der Waals surface area contributed by atoms with Crippen molar-refractivity contribution in [2.45, 2.75) is 24.8 Å². The highest BCUT2D eigenvalue weighted by atomic mass is 16.1. The summed E-state index contributed by atoms with van der Waals surface area (Å²) in [6.45, 7) is 1.67. The van der Waals surface area contributed by atoms with Crippen LogP contribution in [0.1, 0.15) is 34.7 Å². The van der Waals surface area contributed by atoms with Crippen molar-refractivity contribution in [2.75, 3.05) is 13.1 Å². The lowest BCUT2D eigenvalue weighted by Crippen LogP contribution is -2.42. The van der Waals surface area contributed by atoms with Crippen molar-refractivity contribution in [3.05, 3.63) is 35.4 Å². The number of nitrogens with one attached hydrogen (secondary N) is 1. The summed E-state index contributed by atoms with van der Waals surface area (Å²) in [5, 5.41) is 3.44. The van der Waals surface area contributed by atoms with Crippen LogP contribution in [-0.2, 0) is 0 Å². The molecule has 1 aromatic rings. The van der Waals surface area contributed by atoms with Gasteiger partial charge in [-0.3, -0.25) is 4.79 Å². The van der Waals surface area contributed by atoms with E-state index in [0.29, 0.717) is 18.5 Å². The van der Waals surface area contributed by atoms with E-state index < -0.39 is 0 Å². The van der Waals surface area contributed by atoms with E-state index in [2.05, 4.69) is 11.4 Å².